The van der Waals surface area contributed by atoms with Gasteiger partial charge in [0.1, 0.15) is 5.01 Å². The predicted molar refractivity (Wildman–Crippen MR) is 169 cm³/mol. The molecule has 1 aliphatic carbocycles. The van der Waals surface area contributed by atoms with Gasteiger partial charge in [-0.05, 0) is 65.8 Å². The van der Waals surface area contributed by atoms with Gasteiger partial charge in [-0.15, -0.1) is 11.3 Å². The first-order valence-corrected chi connectivity index (χ1v) is 15.4. The molecule has 0 amide bonds. The van der Waals surface area contributed by atoms with Crippen LogP contribution in [0.3, 0.4) is 0 Å². The van der Waals surface area contributed by atoms with Crippen molar-refractivity contribution in [1.82, 2.24) is 9.88 Å². The highest BCUT2D eigenvalue weighted by molar-refractivity contribution is 7.09. The van der Waals surface area contributed by atoms with Crippen LogP contribution in [0.25, 0.3) is 11.3 Å². The molecule has 0 spiro atoms. The van der Waals surface area contributed by atoms with Crippen molar-refractivity contribution in [2.24, 2.45) is 5.41 Å². The second kappa shape index (κ2) is 13.0. The average Bonchev–Trinajstić information content (AvgIpc) is 3.42. The Morgan fingerprint density at radius 3 is 2.22 bits per heavy atom. The van der Waals surface area contributed by atoms with Crippen molar-refractivity contribution in [1.29, 1.82) is 0 Å². The van der Waals surface area contributed by atoms with Crippen LogP contribution >= 0.6 is 11.3 Å². The number of rotatable bonds is 11. The molecule has 5 rings (SSSR count). The first-order valence-electron chi connectivity index (χ1n) is 14.6. The fourth-order valence-corrected chi connectivity index (χ4v) is 6.63. The second-order valence-corrected chi connectivity index (χ2v) is 13.2. The van der Waals surface area contributed by atoms with Crippen LogP contribution in [-0.4, -0.2) is 34.6 Å². The number of nitrogens with zero attached hydrogens (tertiary/aromatic N) is 3. The Balaban J connectivity index is 1.17. The third-order valence-electron chi connectivity index (χ3n) is 8.33. The fraction of sp³-hybridized carbons (Fsp3) is 0.371. The van der Waals surface area contributed by atoms with E-state index < -0.39 is 5.97 Å². The average molecular weight is 568 g/mol. The monoisotopic (exact) mass is 567 g/mol. The van der Waals surface area contributed by atoms with Crippen molar-refractivity contribution < 1.29 is 9.90 Å². The van der Waals surface area contributed by atoms with Crippen LogP contribution in [0, 0.1) is 5.41 Å². The quantitative estimate of drug-likeness (QED) is 0.198. The number of aromatic nitrogens is 1. The van der Waals surface area contributed by atoms with Crippen molar-refractivity contribution in [3.8, 4) is 11.3 Å². The molecule has 1 heterocycles. The molecule has 0 radical (unpaired) electrons. The first-order chi connectivity index (χ1) is 19.7. The number of benzene rings is 3. The van der Waals surface area contributed by atoms with Gasteiger partial charge in [0.15, 0.2) is 0 Å². The van der Waals surface area contributed by atoms with E-state index in [4.69, 9.17) is 4.98 Å². The minimum Gasteiger partial charge on any atom is -0.480 e. The Morgan fingerprint density at radius 2 is 1.56 bits per heavy atom. The molecule has 3 aromatic carbocycles. The van der Waals surface area contributed by atoms with Crippen LogP contribution in [0.1, 0.15) is 67.1 Å². The summed E-state index contributed by atoms with van der Waals surface area (Å²) in [4.78, 5) is 20.5. The van der Waals surface area contributed by atoms with E-state index in [1.165, 1.54) is 42.5 Å². The van der Waals surface area contributed by atoms with E-state index in [2.05, 4.69) is 79.7 Å². The molecule has 6 heteroatoms. The molecule has 0 aliphatic heterocycles. The van der Waals surface area contributed by atoms with Gasteiger partial charge in [-0.25, -0.2) is 4.98 Å². The summed E-state index contributed by atoms with van der Waals surface area (Å²) < 4.78 is 0. The molecule has 5 nitrogen and oxygen atoms in total. The minimum atomic E-state index is -0.832. The van der Waals surface area contributed by atoms with E-state index in [-0.39, 0.29) is 6.54 Å². The SMILES string of the molecule is CN(Cc1ccc(C2CCC(C)(C)CC2)cc1)c1ccc(-c2csc(CN(CC(=O)O)Cc3ccccc3)n2)cc1. The summed E-state index contributed by atoms with van der Waals surface area (Å²) in [6.45, 7) is 6.71. The third-order valence-corrected chi connectivity index (χ3v) is 9.17. The number of aliphatic carboxylic acids is 1. The van der Waals surface area contributed by atoms with E-state index >= 15 is 0 Å². The fourth-order valence-electron chi connectivity index (χ4n) is 5.79. The number of anilines is 1. The highest BCUT2D eigenvalue weighted by Crippen LogP contribution is 2.42. The molecular formula is C35H41N3O2S. The van der Waals surface area contributed by atoms with Crippen LogP contribution in [0.15, 0.2) is 84.2 Å². The number of thiazole rings is 1. The summed E-state index contributed by atoms with van der Waals surface area (Å²) in [7, 11) is 2.14. The Bertz CT molecular complexity index is 1400. The summed E-state index contributed by atoms with van der Waals surface area (Å²) in [6, 6.07) is 27.8. The summed E-state index contributed by atoms with van der Waals surface area (Å²) in [5.74, 6) is -0.126. The van der Waals surface area contributed by atoms with Crippen LogP contribution in [0.4, 0.5) is 5.69 Å². The van der Waals surface area contributed by atoms with E-state index in [1.807, 2.05) is 35.2 Å². The van der Waals surface area contributed by atoms with Gasteiger partial charge >= 0.3 is 5.97 Å². The van der Waals surface area contributed by atoms with E-state index in [1.54, 1.807) is 11.3 Å². The number of carbonyl (C=O) groups is 1. The molecule has 1 saturated carbocycles. The highest BCUT2D eigenvalue weighted by Gasteiger charge is 2.27. The number of carboxylic acid groups (broad SMARTS) is 1. The molecule has 1 N–H and O–H groups in total. The number of hydrogen-bond acceptors (Lipinski definition) is 5. The smallest absolute Gasteiger partial charge is 0.317 e. The first kappa shape index (κ1) is 29.0. The maximum absolute atomic E-state index is 11.5. The lowest BCUT2D eigenvalue weighted by molar-refractivity contribution is -0.138. The largest absolute Gasteiger partial charge is 0.480 e. The van der Waals surface area contributed by atoms with Crippen LogP contribution < -0.4 is 4.90 Å². The van der Waals surface area contributed by atoms with E-state index in [0.29, 0.717) is 24.4 Å². The second-order valence-electron chi connectivity index (χ2n) is 12.2. The molecule has 1 aliphatic rings. The molecule has 41 heavy (non-hydrogen) atoms. The summed E-state index contributed by atoms with van der Waals surface area (Å²) in [5, 5.41) is 12.4. The lowest BCUT2D eigenvalue weighted by atomic mass is 9.71. The molecular weight excluding hydrogens is 526 g/mol. The zero-order valence-electron chi connectivity index (χ0n) is 24.4. The summed E-state index contributed by atoms with van der Waals surface area (Å²) in [5.41, 5.74) is 7.57. The van der Waals surface area contributed by atoms with Crippen molar-refractivity contribution in [2.45, 2.75) is 65.1 Å². The van der Waals surface area contributed by atoms with Crippen molar-refractivity contribution in [3.63, 3.8) is 0 Å². The van der Waals surface area contributed by atoms with Gasteiger partial charge in [-0.3, -0.25) is 9.69 Å². The van der Waals surface area contributed by atoms with Crippen LogP contribution in [-0.2, 0) is 24.4 Å². The van der Waals surface area contributed by atoms with Gasteiger partial charge in [0.25, 0.3) is 0 Å². The van der Waals surface area contributed by atoms with Crippen molar-refractivity contribution in [3.05, 3.63) is 106 Å². The highest BCUT2D eigenvalue weighted by atomic mass is 32.1. The molecule has 0 bridgehead atoms. The molecule has 1 aromatic heterocycles. The minimum absolute atomic E-state index is 0.0213. The van der Waals surface area contributed by atoms with Gasteiger partial charge in [0, 0.05) is 36.8 Å². The van der Waals surface area contributed by atoms with Gasteiger partial charge in [0.2, 0.25) is 0 Å². The Labute approximate surface area is 248 Å². The molecule has 0 atom stereocenters. The van der Waals surface area contributed by atoms with Crippen molar-refractivity contribution >= 4 is 23.0 Å². The standard InChI is InChI=1S/C35H41N3O2S/c1-35(2)19-17-29(18-20-35)28-11-9-27(10-12-28)21-37(3)31-15-13-30(14-16-31)32-25-41-33(36-32)23-38(24-34(39)40)22-26-7-5-4-6-8-26/h4-16,25,29H,17-24H2,1-3H3,(H,39,40). The maximum atomic E-state index is 11.5. The molecule has 4 aromatic rings. The number of carboxylic acids is 1. The van der Waals surface area contributed by atoms with Gasteiger partial charge in [-0.1, -0.05) is 80.6 Å². The molecule has 1 fully saturated rings. The Kier molecular flexibility index (Phi) is 9.21. The molecule has 0 unspecified atom stereocenters. The van der Waals surface area contributed by atoms with Crippen molar-refractivity contribution in [2.75, 3.05) is 18.5 Å². The third kappa shape index (κ3) is 8.05. The predicted octanol–water partition coefficient (Wildman–Crippen LogP) is 8.22. The lowest BCUT2D eigenvalue weighted by Gasteiger charge is -2.34. The topological polar surface area (TPSA) is 56.7 Å². The summed E-state index contributed by atoms with van der Waals surface area (Å²) in [6.07, 6.45) is 5.23. The number of hydrogen-bond donors (Lipinski definition) is 1. The van der Waals surface area contributed by atoms with E-state index in [0.717, 1.165) is 28.4 Å². The van der Waals surface area contributed by atoms with Gasteiger partial charge in [-0.2, -0.15) is 0 Å². The Morgan fingerprint density at radius 1 is 0.902 bits per heavy atom. The Hall–Kier alpha value is -3.48. The summed E-state index contributed by atoms with van der Waals surface area (Å²) >= 11 is 1.58. The van der Waals surface area contributed by atoms with Gasteiger partial charge < -0.3 is 10.0 Å². The van der Waals surface area contributed by atoms with Crippen LogP contribution in [0.5, 0.6) is 0 Å². The molecule has 0 saturated heterocycles. The van der Waals surface area contributed by atoms with Gasteiger partial charge in [0.05, 0.1) is 18.8 Å². The molecule has 214 valence electrons. The maximum Gasteiger partial charge on any atom is 0.317 e. The zero-order chi connectivity index (χ0) is 28.8. The zero-order valence-corrected chi connectivity index (χ0v) is 25.2. The van der Waals surface area contributed by atoms with Crippen LogP contribution in [0.2, 0.25) is 0 Å². The lowest BCUT2D eigenvalue weighted by Crippen LogP contribution is -2.28. The van der Waals surface area contributed by atoms with E-state index in [9.17, 15) is 9.90 Å². The normalized spacial score (nSPS) is 15.2.